The van der Waals surface area contributed by atoms with Crippen molar-refractivity contribution in [3.8, 4) is 0 Å². The van der Waals surface area contributed by atoms with Gasteiger partial charge in [0.25, 0.3) is 0 Å². The molecular weight excluding hydrogens is 1020 g/mol. The van der Waals surface area contributed by atoms with Gasteiger partial charge in [0, 0.05) is 0 Å². The predicted octanol–water partition coefficient (Wildman–Crippen LogP) is 21.0. The van der Waals surface area contributed by atoms with Gasteiger partial charge in [-0.05, 0) is 119 Å². The van der Waals surface area contributed by atoms with Crippen molar-refractivity contribution in [3.63, 3.8) is 0 Å². The van der Waals surface area contributed by atoms with Crippen LogP contribution < -0.4 is 0 Å². The predicted molar refractivity (Wildman–Crippen MR) is 332 cm³/mol. The van der Waals surface area contributed by atoms with E-state index in [2.05, 4.69) is 39.8 Å². The number of hydrogen-bond acceptors (Lipinski definition) is 6. The molecule has 0 aliphatic carbocycles. The fourth-order valence-corrected chi connectivity index (χ4v) is 12.4. The van der Waals surface area contributed by atoms with Gasteiger partial charge in [0.05, 0.1) is 9.79 Å². The van der Waals surface area contributed by atoms with E-state index in [-0.39, 0.29) is 47.5 Å². The van der Waals surface area contributed by atoms with Crippen molar-refractivity contribution in [1.29, 1.82) is 0 Å². The van der Waals surface area contributed by atoms with Gasteiger partial charge in [0.1, 0.15) is 20.2 Å². The second-order valence-electron chi connectivity index (χ2n) is 22.8. The Morgan fingerprint density at radius 2 is 0.506 bits per heavy atom. The van der Waals surface area contributed by atoms with E-state index in [1.807, 2.05) is 24.3 Å². The summed E-state index contributed by atoms with van der Waals surface area (Å²) in [5, 5.41) is 3.99. The van der Waals surface area contributed by atoms with E-state index in [9.17, 15) is 25.9 Å². The molecular formula is C68H110CaO6S2. The Kier molecular flexibility index (Phi) is 41.9. The minimum Gasteiger partial charge on any atom is -0.744 e. The van der Waals surface area contributed by atoms with Crippen molar-refractivity contribution in [3.05, 3.63) is 82.9 Å². The molecule has 4 rings (SSSR count). The fourth-order valence-electron chi connectivity index (χ4n) is 11.4. The maximum atomic E-state index is 11.6. The Morgan fingerprint density at radius 1 is 0.286 bits per heavy atom. The molecule has 0 aliphatic rings. The Balaban J connectivity index is 0.000000520. The topological polar surface area (TPSA) is 114 Å². The van der Waals surface area contributed by atoms with Crippen LogP contribution in [0.1, 0.15) is 307 Å². The minimum atomic E-state index is -4.44. The fraction of sp³-hybridized carbons (Fsp3) is 0.706. The van der Waals surface area contributed by atoms with Crippen molar-refractivity contribution in [2.24, 2.45) is 0 Å². The summed E-state index contributed by atoms with van der Waals surface area (Å²) in [6, 6.07) is 18.2. The number of rotatable bonds is 46. The van der Waals surface area contributed by atoms with Crippen molar-refractivity contribution in [2.45, 2.75) is 320 Å². The summed E-state index contributed by atoms with van der Waals surface area (Å²) in [5.74, 6) is 0. The zero-order valence-electron chi connectivity index (χ0n) is 49.9. The normalized spacial score (nSPS) is 11.8. The zero-order valence-corrected chi connectivity index (χ0v) is 53.7. The molecule has 0 aromatic heterocycles. The first kappa shape index (κ1) is 71.6. The van der Waals surface area contributed by atoms with Gasteiger partial charge >= 0.3 is 37.7 Å². The van der Waals surface area contributed by atoms with Crippen LogP contribution in [0.2, 0.25) is 0 Å². The van der Waals surface area contributed by atoms with Crippen LogP contribution in [0.4, 0.5) is 0 Å². The summed E-state index contributed by atoms with van der Waals surface area (Å²) in [6.45, 7) is 9.07. The summed E-state index contributed by atoms with van der Waals surface area (Å²) < 4.78 is 69.4. The Morgan fingerprint density at radius 3 is 0.740 bits per heavy atom. The largest absolute Gasteiger partial charge is 2.00 e. The molecule has 4 aromatic carbocycles. The number of fused-ring (bicyclic) bond motifs is 2. The van der Waals surface area contributed by atoms with Gasteiger partial charge in [0.2, 0.25) is 0 Å². The van der Waals surface area contributed by atoms with Gasteiger partial charge in [-0.15, -0.1) is 0 Å². The number of unbranched alkanes of at least 4 members (excludes halogenated alkanes) is 36. The van der Waals surface area contributed by atoms with Crippen LogP contribution in [0.3, 0.4) is 0 Å². The number of aryl methyl sites for hydroxylation is 4. The molecule has 0 spiro atoms. The monoisotopic (exact) mass is 1130 g/mol. The Bertz CT molecular complexity index is 2160. The van der Waals surface area contributed by atoms with Gasteiger partial charge in [-0.1, -0.05) is 295 Å². The quantitative estimate of drug-likeness (QED) is 0.0247. The van der Waals surface area contributed by atoms with Crippen LogP contribution in [0.15, 0.2) is 70.5 Å². The van der Waals surface area contributed by atoms with Crippen molar-refractivity contribution < 1.29 is 25.9 Å². The van der Waals surface area contributed by atoms with Gasteiger partial charge < -0.3 is 9.11 Å². The third kappa shape index (κ3) is 32.1. The summed E-state index contributed by atoms with van der Waals surface area (Å²) in [5.41, 5.74) is 5.55. The molecule has 0 unspecified atom stereocenters. The molecule has 0 bridgehead atoms. The third-order valence-electron chi connectivity index (χ3n) is 16.1. The average Bonchev–Trinajstić information content (AvgIpc) is 3.43. The summed E-state index contributed by atoms with van der Waals surface area (Å²) in [4.78, 5) is -0.255. The van der Waals surface area contributed by atoms with Crippen LogP contribution in [0.25, 0.3) is 21.5 Å². The molecule has 0 amide bonds. The first-order valence-corrected chi connectivity index (χ1v) is 34.8. The zero-order chi connectivity index (χ0) is 55.0. The minimum absolute atomic E-state index is 0. The second kappa shape index (κ2) is 45.1. The SMILES string of the molecule is CCCCCCCCCCCCc1ccc2cc(S(=O)(=O)[O-])ccc2c1CCCCCCCCCCCC.CCCCCCCCCCCCc1ccc2cc(S(=O)(=O)[O-])ccc2c1CCCCCCCCCCCC.[Ca+2]. The first-order valence-electron chi connectivity index (χ1n) is 31.9. The van der Waals surface area contributed by atoms with Crippen LogP contribution >= 0.6 is 0 Å². The Hall–Kier alpha value is -1.52. The smallest absolute Gasteiger partial charge is 0.744 e. The van der Waals surface area contributed by atoms with Crippen molar-refractivity contribution >= 4 is 79.5 Å². The van der Waals surface area contributed by atoms with Gasteiger partial charge in [0.15, 0.2) is 0 Å². The molecule has 432 valence electrons. The summed E-state index contributed by atoms with van der Waals surface area (Å²) >= 11 is 0. The summed E-state index contributed by atoms with van der Waals surface area (Å²) in [7, 11) is -8.87. The van der Waals surface area contributed by atoms with E-state index in [4.69, 9.17) is 0 Å². The molecule has 0 radical (unpaired) electrons. The standard InChI is InChI=1S/2C34H56O3S.Ca/c2*1-3-5-7-9-11-13-15-17-19-21-23-30-25-26-31-29-32(38(35,36)37)27-28-34(31)33(30)24-22-20-18-16-14-12-10-8-6-4-2;/h2*25-29H,3-24H2,1-2H3,(H,35,36,37);/q;;+2/p-2. The molecule has 0 atom stereocenters. The van der Waals surface area contributed by atoms with E-state index in [1.54, 1.807) is 12.1 Å². The van der Waals surface area contributed by atoms with Crippen LogP contribution in [-0.4, -0.2) is 63.7 Å². The molecule has 0 fully saturated rings. The molecule has 0 aliphatic heterocycles. The summed E-state index contributed by atoms with van der Waals surface area (Å²) in [6.07, 6.45) is 57.4. The molecule has 0 heterocycles. The third-order valence-corrected chi connectivity index (χ3v) is 17.8. The van der Waals surface area contributed by atoms with Gasteiger partial charge in [-0.3, -0.25) is 0 Å². The second-order valence-corrected chi connectivity index (χ2v) is 25.6. The number of benzene rings is 4. The van der Waals surface area contributed by atoms with Crippen LogP contribution in [-0.2, 0) is 45.9 Å². The molecule has 77 heavy (non-hydrogen) atoms. The Labute approximate surface area is 504 Å². The van der Waals surface area contributed by atoms with Gasteiger partial charge in [-0.25, -0.2) is 16.8 Å². The molecule has 0 saturated heterocycles. The van der Waals surface area contributed by atoms with E-state index in [0.717, 1.165) is 47.2 Å². The van der Waals surface area contributed by atoms with Gasteiger partial charge in [-0.2, -0.15) is 0 Å². The maximum absolute atomic E-state index is 11.6. The van der Waals surface area contributed by atoms with Crippen molar-refractivity contribution in [1.82, 2.24) is 0 Å². The molecule has 0 saturated carbocycles. The van der Waals surface area contributed by atoms with Crippen LogP contribution in [0, 0.1) is 0 Å². The van der Waals surface area contributed by atoms with E-state index in [0.29, 0.717) is 0 Å². The maximum Gasteiger partial charge on any atom is 2.00 e. The van der Waals surface area contributed by atoms with Crippen molar-refractivity contribution in [2.75, 3.05) is 0 Å². The number of hydrogen-bond donors (Lipinski definition) is 0. The molecule has 6 nitrogen and oxygen atoms in total. The molecule has 0 N–H and O–H groups in total. The first-order chi connectivity index (χ1) is 36.9. The van der Waals surface area contributed by atoms with Crippen LogP contribution in [0.5, 0.6) is 0 Å². The molecule has 9 heteroatoms. The average molecular weight is 1130 g/mol. The molecule has 4 aromatic rings. The van der Waals surface area contributed by atoms with E-state index >= 15 is 0 Å². The van der Waals surface area contributed by atoms with E-state index in [1.165, 1.54) is 291 Å². The van der Waals surface area contributed by atoms with E-state index < -0.39 is 20.2 Å².